The fourth-order valence-corrected chi connectivity index (χ4v) is 2.04. The normalized spacial score (nSPS) is 10.9. The van der Waals surface area contributed by atoms with Crippen molar-refractivity contribution in [3.8, 4) is 5.75 Å². The van der Waals surface area contributed by atoms with E-state index in [-0.39, 0.29) is 5.69 Å². The van der Waals surface area contributed by atoms with E-state index in [1.165, 1.54) is 0 Å². The summed E-state index contributed by atoms with van der Waals surface area (Å²) in [6.45, 7) is 0. The predicted octanol–water partition coefficient (Wildman–Crippen LogP) is 2.54. The number of hydrogen-bond acceptors (Lipinski definition) is 4. The van der Waals surface area contributed by atoms with Crippen molar-refractivity contribution in [1.82, 2.24) is 0 Å². The molecule has 0 saturated heterocycles. The molecular weight excluding hydrogens is 230 g/mol. The molecule has 90 valence electrons. The molecule has 1 aromatic heterocycles. The lowest BCUT2D eigenvalue weighted by Crippen LogP contribution is -2.05. The Hall–Kier alpha value is -2.49. The van der Waals surface area contributed by atoms with Crippen LogP contribution in [0.25, 0.3) is 21.7 Å². The largest absolute Gasteiger partial charge is 0.497 e. The van der Waals surface area contributed by atoms with Gasteiger partial charge in [0.05, 0.1) is 7.11 Å². The fraction of sp³-hybridized carbons (Fsp3) is 0.0714. The van der Waals surface area contributed by atoms with Gasteiger partial charge in [-0.1, -0.05) is 12.1 Å². The summed E-state index contributed by atoms with van der Waals surface area (Å²) in [4.78, 5) is 11.4. The van der Waals surface area contributed by atoms with Crippen LogP contribution in [0, 0.1) is 0 Å². The molecule has 3 rings (SSSR count). The number of fused-ring (bicyclic) bond motifs is 3. The van der Waals surface area contributed by atoms with E-state index in [2.05, 4.69) is 0 Å². The molecule has 0 amide bonds. The maximum atomic E-state index is 11.4. The maximum absolute atomic E-state index is 11.4. The molecule has 0 saturated carbocycles. The van der Waals surface area contributed by atoms with Crippen molar-refractivity contribution in [1.29, 1.82) is 0 Å². The molecule has 2 aromatic carbocycles. The molecular formula is C14H11NO3. The third kappa shape index (κ3) is 1.50. The van der Waals surface area contributed by atoms with E-state index in [0.29, 0.717) is 5.58 Å². The van der Waals surface area contributed by atoms with Crippen molar-refractivity contribution < 1.29 is 9.15 Å². The standard InChI is InChI=1S/C14H11NO3/c1-17-9-4-2-8-3-5-13-11(10(8)6-9)7-12(15)14(16)18-13/h2-7H,15H2,1H3. The zero-order valence-corrected chi connectivity index (χ0v) is 9.77. The van der Waals surface area contributed by atoms with Crippen LogP contribution in [-0.4, -0.2) is 7.11 Å². The molecule has 0 unspecified atom stereocenters. The molecule has 4 nitrogen and oxygen atoms in total. The number of methoxy groups -OCH3 is 1. The van der Waals surface area contributed by atoms with Gasteiger partial charge in [0.15, 0.2) is 0 Å². The van der Waals surface area contributed by atoms with E-state index in [9.17, 15) is 4.79 Å². The second-order valence-electron chi connectivity index (χ2n) is 4.05. The Kier molecular flexibility index (Phi) is 2.23. The molecule has 1 heterocycles. The van der Waals surface area contributed by atoms with Gasteiger partial charge in [-0.3, -0.25) is 0 Å². The van der Waals surface area contributed by atoms with E-state index >= 15 is 0 Å². The van der Waals surface area contributed by atoms with Crippen LogP contribution in [0.2, 0.25) is 0 Å². The van der Waals surface area contributed by atoms with E-state index in [0.717, 1.165) is 21.9 Å². The highest BCUT2D eigenvalue weighted by atomic mass is 16.5. The Labute approximate surface area is 103 Å². The summed E-state index contributed by atoms with van der Waals surface area (Å²) < 4.78 is 10.4. The highest BCUT2D eigenvalue weighted by Gasteiger charge is 2.06. The SMILES string of the molecule is COc1ccc2ccc3oc(=O)c(N)cc3c2c1. The summed E-state index contributed by atoms with van der Waals surface area (Å²) >= 11 is 0. The highest BCUT2D eigenvalue weighted by molar-refractivity contribution is 6.06. The lowest BCUT2D eigenvalue weighted by atomic mass is 10.1. The number of ether oxygens (including phenoxy) is 1. The first-order chi connectivity index (χ1) is 8.69. The van der Waals surface area contributed by atoms with E-state index in [1.807, 2.05) is 24.3 Å². The molecule has 2 N–H and O–H groups in total. The van der Waals surface area contributed by atoms with Gasteiger partial charge in [0, 0.05) is 5.39 Å². The number of benzene rings is 2. The first-order valence-corrected chi connectivity index (χ1v) is 5.49. The molecule has 0 aliphatic carbocycles. The highest BCUT2D eigenvalue weighted by Crippen LogP contribution is 2.28. The van der Waals surface area contributed by atoms with Gasteiger partial charge in [-0.15, -0.1) is 0 Å². The van der Waals surface area contributed by atoms with Crippen LogP contribution in [0.1, 0.15) is 0 Å². The number of rotatable bonds is 1. The van der Waals surface area contributed by atoms with Gasteiger partial charge in [0.1, 0.15) is 17.0 Å². The minimum absolute atomic E-state index is 0.109. The first-order valence-electron chi connectivity index (χ1n) is 5.49. The molecule has 0 atom stereocenters. The van der Waals surface area contributed by atoms with E-state index < -0.39 is 5.63 Å². The number of nitrogens with two attached hydrogens (primary N) is 1. The number of anilines is 1. The second kappa shape index (κ2) is 3.77. The third-order valence-electron chi connectivity index (χ3n) is 2.97. The van der Waals surface area contributed by atoms with E-state index in [1.54, 1.807) is 19.2 Å². The average molecular weight is 241 g/mol. The Morgan fingerprint density at radius 1 is 1.11 bits per heavy atom. The fourth-order valence-electron chi connectivity index (χ4n) is 2.04. The molecule has 0 spiro atoms. The zero-order valence-electron chi connectivity index (χ0n) is 9.77. The Morgan fingerprint density at radius 2 is 1.89 bits per heavy atom. The molecule has 4 heteroatoms. The van der Waals surface area contributed by atoms with Gasteiger partial charge in [0.25, 0.3) is 0 Å². The minimum Gasteiger partial charge on any atom is -0.497 e. The van der Waals surface area contributed by atoms with Gasteiger partial charge < -0.3 is 14.9 Å². The quantitative estimate of drug-likeness (QED) is 0.525. The van der Waals surface area contributed by atoms with Gasteiger partial charge in [-0.2, -0.15) is 0 Å². The van der Waals surface area contributed by atoms with Gasteiger partial charge >= 0.3 is 5.63 Å². The summed E-state index contributed by atoms with van der Waals surface area (Å²) in [5, 5.41) is 2.79. The summed E-state index contributed by atoms with van der Waals surface area (Å²) in [6.07, 6.45) is 0. The molecule has 18 heavy (non-hydrogen) atoms. The molecule has 0 fully saturated rings. The van der Waals surface area contributed by atoms with Crippen molar-refractivity contribution in [2.45, 2.75) is 0 Å². The van der Waals surface area contributed by atoms with Crippen molar-refractivity contribution in [3.63, 3.8) is 0 Å². The predicted molar refractivity (Wildman–Crippen MR) is 71.0 cm³/mol. The summed E-state index contributed by atoms with van der Waals surface area (Å²) in [7, 11) is 1.61. The topological polar surface area (TPSA) is 65.5 Å². The van der Waals surface area contributed by atoms with Crippen molar-refractivity contribution in [2.24, 2.45) is 0 Å². The van der Waals surface area contributed by atoms with Gasteiger partial charge in [0.2, 0.25) is 0 Å². The summed E-state index contributed by atoms with van der Waals surface area (Å²) in [5.41, 5.74) is 5.73. The molecule has 0 bridgehead atoms. The monoisotopic (exact) mass is 241 g/mol. The lowest BCUT2D eigenvalue weighted by molar-refractivity contribution is 0.415. The zero-order chi connectivity index (χ0) is 12.7. The number of hydrogen-bond donors (Lipinski definition) is 1. The Balaban J connectivity index is 2.50. The maximum Gasteiger partial charge on any atom is 0.359 e. The Morgan fingerprint density at radius 3 is 2.67 bits per heavy atom. The van der Waals surface area contributed by atoms with E-state index in [4.69, 9.17) is 14.9 Å². The Bertz CT molecular complexity index is 805. The lowest BCUT2D eigenvalue weighted by Gasteiger charge is -2.05. The van der Waals surface area contributed by atoms with Gasteiger partial charge in [-0.05, 0) is 35.0 Å². The third-order valence-corrected chi connectivity index (χ3v) is 2.97. The second-order valence-corrected chi connectivity index (χ2v) is 4.05. The molecule has 0 radical (unpaired) electrons. The van der Waals surface area contributed by atoms with Crippen LogP contribution in [0.5, 0.6) is 5.75 Å². The smallest absolute Gasteiger partial charge is 0.359 e. The van der Waals surface area contributed by atoms with Crippen LogP contribution >= 0.6 is 0 Å². The van der Waals surface area contributed by atoms with Crippen molar-refractivity contribution in [3.05, 3.63) is 46.8 Å². The average Bonchev–Trinajstić information content (AvgIpc) is 2.39. The minimum atomic E-state index is -0.509. The van der Waals surface area contributed by atoms with Crippen molar-refractivity contribution >= 4 is 27.4 Å². The van der Waals surface area contributed by atoms with Crippen LogP contribution in [0.4, 0.5) is 5.69 Å². The molecule has 0 aliphatic rings. The number of nitrogen functional groups attached to an aromatic ring is 1. The van der Waals surface area contributed by atoms with Crippen LogP contribution < -0.4 is 16.1 Å². The molecule has 3 aromatic rings. The van der Waals surface area contributed by atoms with Crippen LogP contribution in [-0.2, 0) is 0 Å². The summed E-state index contributed by atoms with van der Waals surface area (Å²) in [6, 6.07) is 11.0. The first kappa shape index (κ1) is 10.7. The van der Waals surface area contributed by atoms with Crippen LogP contribution in [0.3, 0.4) is 0 Å². The summed E-state index contributed by atoms with van der Waals surface area (Å²) in [5.74, 6) is 0.750. The van der Waals surface area contributed by atoms with Crippen LogP contribution in [0.15, 0.2) is 45.6 Å². The molecule has 0 aliphatic heterocycles. The van der Waals surface area contributed by atoms with Crippen molar-refractivity contribution in [2.75, 3.05) is 12.8 Å². The van der Waals surface area contributed by atoms with Gasteiger partial charge in [-0.25, -0.2) is 4.79 Å².